The molecule has 2 N–H and O–H groups in total. The van der Waals surface area contributed by atoms with E-state index in [0.29, 0.717) is 12.5 Å². The number of ether oxygens (including phenoxy) is 2. The highest BCUT2D eigenvalue weighted by molar-refractivity contribution is 5.80. The smallest absolute Gasteiger partial charge is 0.191 e. The van der Waals surface area contributed by atoms with Crippen molar-refractivity contribution in [3.63, 3.8) is 0 Å². The zero-order valence-electron chi connectivity index (χ0n) is 15.9. The SMILES string of the molecule is CCNC(=NCC1CCN(c2cccc(OC)c2)C1)NC(C)COC. The second-order valence-corrected chi connectivity index (χ2v) is 6.52. The molecule has 1 aliphatic heterocycles. The number of guanidine groups is 1. The van der Waals surface area contributed by atoms with Gasteiger partial charge in [-0.05, 0) is 38.3 Å². The van der Waals surface area contributed by atoms with Crippen LogP contribution in [0.4, 0.5) is 5.69 Å². The van der Waals surface area contributed by atoms with E-state index in [9.17, 15) is 0 Å². The van der Waals surface area contributed by atoms with Crippen LogP contribution in [-0.4, -0.2) is 59.0 Å². The van der Waals surface area contributed by atoms with Crippen LogP contribution in [0.1, 0.15) is 20.3 Å². The van der Waals surface area contributed by atoms with Crippen molar-refractivity contribution in [2.75, 3.05) is 51.9 Å². The minimum Gasteiger partial charge on any atom is -0.497 e. The van der Waals surface area contributed by atoms with E-state index < -0.39 is 0 Å². The third kappa shape index (κ3) is 6.12. The van der Waals surface area contributed by atoms with Crippen LogP contribution in [0.3, 0.4) is 0 Å². The lowest BCUT2D eigenvalue weighted by Gasteiger charge is -2.20. The van der Waals surface area contributed by atoms with Gasteiger partial charge in [0, 0.05) is 51.1 Å². The molecule has 1 aromatic rings. The second-order valence-electron chi connectivity index (χ2n) is 6.52. The summed E-state index contributed by atoms with van der Waals surface area (Å²) in [5, 5.41) is 6.69. The van der Waals surface area contributed by atoms with Crippen LogP contribution in [0.25, 0.3) is 0 Å². The lowest BCUT2D eigenvalue weighted by molar-refractivity contribution is 0.179. The fourth-order valence-corrected chi connectivity index (χ4v) is 3.09. The predicted octanol–water partition coefficient (Wildman–Crippen LogP) is 2.11. The normalized spacial score (nSPS) is 19.0. The van der Waals surface area contributed by atoms with E-state index in [2.05, 4.69) is 41.5 Å². The Hall–Kier alpha value is -1.95. The molecule has 1 aliphatic rings. The highest BCUT2D eigenvalue weighted by atomic mass is 16.5. The van der Waals surface area contributed by atoms with Crippen LogP contribution in [0.5, 0.6) is 5.75 Å². The molecule has 0 bridgehead atoms. The lowest BCUT2D eigenvalue weighted by Crippen LogP contribution is -2.44. The molecule has 0 radical (unpaired) electrons. The van der Waals surface area contributed by atoms with Crippen molar-refractivity contribution in [3.05, 3.63) is 24.3 Å². The van der Waals surface area contributed by atoms with Crippen molar-refractivity contribution in [3.8, 4) is 5.75 Å². The van der Waals surface area contributed by atoms with Gasteiger partial charge in [0.15, 0.2) is 5.96 Å². The van der Waals surface area contributed by atoms with E-state index in [1.54, 1.807) is 14.2 Å². The van der Waals surface area contributed by atoms with E-state index in [0.717, 1.165) is 44.3 Å². The standard InChI is InChI=1S/C19H32N4O2/c1-5-20-19(22-15(2)14-24-3)21-12-16-9-10-23(13-16)17-7-6-8-18(11-17)25-4/h6-8,11,15-16H,5,9-10,12-14H2,1-4H3,(H2,20,21,22). The summed E-state index contributed by atoms with van der Waals surface area (Å²) in [5.74, 6) is 2.34. The van der Waals surface area contributed by atoms with Crippen LogP contribution in [0.15, 0.2) is 29.3 Å². The highest BCUT2D eigenvalue weighted by Gasteiger charge is 2.23. The van der Waals surface area contributed by atoms with Crippen molar-refractivity contribution in [1.29, 1.82) is 0 Å². The zero-order chi connectivity index (χ0) is 18.1. The maximum Gasteiger partial charge on any atom is 0.191 e. The van der Waals surface area contributed by atoms with Crippen molar-refractivity contribution in [2.24, 2.45) is 10.9 Å². The highest BCUT2D eigenvalue weighted by Crippen LogP contribution is 2.26. The zero-order valence-corrected chi connectivity index (χ0v) is 15.9. The van der Waals surface area contributed by atoms with Crippen molar-refractivity contribution < 1.29 is 9.47 Å². The van der Waals surface area contributed by atoms with E-state index in [1.807, 2.05) is 12.1 Å². The molecule has 0 saturated carbocycles. The molecule has 25 heavy (non-hydrogen) atoms. The number of hydrogen-bond acceptors (Lipinski definition) is 4. The van der Waals surface area contributed by atoms with Crippen molar-refractivity contribution >= 4 is 11.6 Å². The third-order valence-electron chi connectivity index (χ3n) is 4.36. The predicted molar refractivity (Wildman–Crippen MR) is 104 cm³/mol. The summed E-state index contributed by atoms with van der Waals surface area (Å²) in [6.07, 6.45) is 1.16. The Bertz CT molecular complexity index is 550. The molecule has 0 amide bonds. The molecular weight excluding hydrogens is 316 g/mol. The lowest BCUT2D eigenvalue weighted by atomic mass is 10.1. The molecule has 2 atom stereocenters. The van der Waals surface area contributed by atoms with Crippen LogP contribution < -0.4 is 20.3 Å². The van der Waals surface area contributed by atoms with Gasteiger partial charge in [-0.1, -0.05) is 6.07 Å². The van der Waals surface area contributed by atoms with Gasteiger partial charge in [-0.3, -0.25) is 4.99 Å². The minimum atomic E-state index is 0.236. The van der Waals surface area contributed by atoms with Crippen LogP contribution in [0, 0.1) is 5.92 Å². The largest absolute Gasteiger partial charge is 0.497 e. The molecule has 1 fully saturated rings. The first-order valence-electron chi connectivity index (χ1n) is 9.09. The number of nitrogens with zero attached hydrogens (tertiary/aromatic N) is 2. The first-order chi connectivity index (χ1) is 12.2. The number of benzene rings is 1. The first kappa shape index (κ1) is 19.4. The number of anilines is 1. The van der Waals surface area contributed by atoms with Gasteiger partial charge in [-0.15, -0.1) is 0 Å². The van der Waals surface area contributed by atoms with Gasteiger partial charge in [0.2, 0.25) is 0 Å². The van der Waals surface area contributed by atoms with E-state index in [1.165, 1.54) is 5.69 Å². The van der Waals surface area contributed by atoms with E-state index in [4.69, 9.17) is 14.5 Å². The fraction of sp³-hybridized carbons (Fsp3) is 0.632. The summed E-state index contributed by atoms with van der Waals surface area (Å²) in [4.78, 5) is 7.18. The van der Waals surface area contributed by atoms with Gasteiger partial charge in [0.1, 0.15) is 5.75 Å². The Morgan fingerprint density at radius 3 is 2.96 bits per heavy atom. The molecule has 0 aromatic heterocycles. The Kier molecular flexibility index (Phi) is 7.85. The van der Waals surface area contributed by atoms with Crippen LogP contribution in [-0.2, 0) is 4.74 Å². The average molecular weight is 348 g/mol. The monoisotopic (exact) mass is 348 g/mol. The molecule has 2 rings (SSSR count). The fourth-order valence-electron chi connectivity index (χ4n) is 3.09. The molecule has 1 heterocycles. The van der Waals surface area contributed by atoms with Gasteiger partial charge in [0.05, 0.1) is 13.7 Å². The summed E-state index contributed by atoms with van der Waals surface area (Å²) in [7, 11) is 3.42. The van der Waals surface area contributed by atoms with Gasteiger partial charge >= 0.3 is 0 Å². The molecule has 6 nitrogen and oxygen atoms in total. The summed E-state index contributed by atoms with van der Waals surface area (Å²) < 4.78 is 10.5. The van der Waals surface area contributed by atoms with Crippen LogP contribution >= 0.6 is 0 Å². The third-order valence-corrected chi connectivity index (χ3v) is 4.36. The maximum absolute atomic E-state index is 5.33. The number of methoxy groups -OCH3 is 2. The van der Waals surface area contributed by atoms with Crippen molar-refractivity contribution in [1.82, 2.24) is 10.6 Å². The topological polar surface area (TPSA) is 58.1 Å². The van der Waals surface area contributed by atoms with Gasteiger partial charge < -0.3 is 25.0 Å². The van der Waals surface area contributed by atoms with Gasteiger partial charge in [-0.2, -0.15) is 0 Å². The first-order valence-corrected chi connectivity index (χ1v) is 9.09. The van der Waals surface area contributed by atoms with Gasteiger partial charge in [0.25, 0.3) is 0 Å². The summed E-state index contributed by atoms with van der Waals surface area (Å²) >= 11 is 0. The second kappa shape index (κ2) is 10.1. The molecule has 1 aromatic carbocycles. The molecule has 2 unspecified atom stereocenters. The maximum atomic E-state index is 5.33. The molecule has 0 aliphatic carbocycles. The molecular formula is C19H32N4O2. The minimum absolute atomic E-state index is 0.236. The molecule has 1 saturated heterocycles. The summed E-state index contributed by atoms with van der Waals surface area (Å²) in [6, 6.07) is 8.51. The number of nitrogens with one attached hydrogen (secondary N) is 2. The Morgan fingerprint density at radius 1 is 1.40 bits per heavy atom. The number of rotatable bonds is 8. The van der Waals surface area contributed by atoms with E-state index in [-0.39, 0.29) is 6.04 Å². The molecule has 0 spiro atoms. The Labute approximate surface area is 151 Å². The van der Waals surface area contributed by atoms with Crippen molar-refractivity contribution in [2.45, 2.75) is 26.3 Å². The molecule has 6 heteroatoms. The molecule has 140 valence electrons. The van der Waals surface area contributed by atoms with E-state index >= 15 is 0 Å². The number of hydrogen-bond donors (Lipinski definition) is 2. The summed E-state index contributed by atoms with van der Waals surface area (Å²) in [6.45, 7) is 8.62. The van der Waals surface area contributed by atoms with Gasteiger partial charge in [-0.25, -0.2) is 0 Å². The number of aliphatic imine (C=N–C) groups is 1. The van der Waals surface area contributed by atoms with Crippen LogP contribution in [0.2, 0.25) is 0 Å². The quantitative estimate of drug-likeness (QED) is 0.557. The summed E-state index contributed by atoms with van der Waals surface area (Å²) in [5.41, 5.74) is 1.23. The Balaban J connectivity index is 1.89. The Morgan fingerprint density at radius 2 is 2.24 bits per heavy atom. The average Bonchev–Trinajstić information content (AvgIpc) is 3.09.